The van der Waals surface area contributed by atoms with Gasteiger partial charge in [0.25, 0.3) is 0 Å². The van der Waals surface area contributed by atoms with Crippen molar-refractivity contribution in [3.8, 4) is 5.75 Å². The smallest absolute Gasteiger partial charge is 0.422 e. The molecule has 0 atom stereocenters. The van der Waals surface area contributed by atoms with E-state index in [1.807, 2.05) is 0 Å². The molecule has 18 heavy (non-hydrogen) atoms. The van der Waals surface area contributed by atoms with Gasteiger partial charge in [-0.25, -0.2) is 0 Å². The van der Waals surface area contributed by atoms with E-state index >= 15 is 0 Å². The summed E-state index contributed by atoms with van der Waals surface area (Å²) in [5.41, 5.74) is 1.51. The number of hydrogen-bond donors (Lipinski definition) is 1. The lowest BCUT2D eigenvalue weighted by atomic mass is 10.0. The van der Waals surface area contributed by atoms with Crippen molar-refractivity contribution >= 4 is 5.97 Å². The van der Waals surface area contributed by atoms with Crippen molar-refractivity contribution in [3.05, 3.63) is 29.3 Å². The molecule has 6 heteroatoms. The maximum absolute atomic E-state index is 11.9. The fourth-order valence-electron chi connectivity index (χ4n) is 1.45. The van der Waals surface area contributed by atoms with Crippen LogP contribution in [0.3, 0.4) is 0 Å². The Morgan fingerprint density at radius 2 is 2.06 bits per heavy atom. The van der Waals surface area contributed by atoms with Crippen LogP contribution in [0.15, 0.2) is 18.2 Å². The van der Waals surface area contributed by atoms with Gasteiger partial charge in [0.05, 0.1) is 0 Å². The van der Waals surface area contributed by atoms with Gasteiger partial charge in [-0.3, -0.25) is 4.79 Å². The molecule has 0 heterocycles. The molecule has 0 amide bonds. The summed E-state index contributed by atoms with van der Waals surface area (Å²) in [6, 6.07) is 4.48. The predicted octanol–water partition coefficient (Wildman–Crippen LogP) is 2.95. The molecule has 0 unspecified atom stereocenters. The Morgan fingerprint density at radius 3 is 2.56 bits per heavy atom. The fraction of sp³-hybridized carbons (Fsp3) is 0.417. The van der Waals surface area contributed by atoms with Gasteiger partial charge in [0, 0.05) is 6.42 Å². The van der Waals surface area contributed by atoms with Gasteiger partial charge in [0.15, 0.2) is 6.61 Å². The molecule has 100 valence electrons. The summed E-state index contributed by atoms with van der Waals surface area (Å²) < 4.78 is 40.4. The van der Waals surface area contributed by atoms with Crippen LogP contribution in [0.1, 0.15) is 17.5 Å². The molecule has 0 bridgehead atoms. The second-order valence-electron chi connectivity index (χ2n) is 3.89. The zero-order valence-electron chi connectivity index (χ0n) is 9.75. The second-order valence-corrected chi connectivity index (χ2v) is 3.89. The molecule has 1 aromatic carbocycles. The van der Waals surface area contributed by atoms with E-state index in [-0.39, 0.29) is 12.2 Å². The molecule has 0 fully saturated rings. The third kappa shape index (κ3) is 5.07. The number of carboxylic acids is 1. The van der Waals surface area contributed by atoms with Crippen molar-refractivity contribution in [2.45, 2.75) is 25.9 Å². The minimum Gasteiger partial charge on any atom is -0.484 e. The average molecular weight is 262 g/mol. The molecule has 0 saturated carbocycles. The van der Waals surface area contributed by atoms with Gasteiger partial charge in [-0.15, -0.1) is 0 Å². The highest BCUT2D eigenvalue weighted by molar-refractivity contribution is 5.67. The van der Waals surface area contributed by atoms with Gasteiger partial charge >= 0.3 is 12.1 Å². The number of alkyl halides is 3. The topological polar surface area (TPSA) is 46.5 Å². The molecule has 1 N–H and O–H groups in total. The first-order valence-electron chi connectivity index (χ1n) is 5.29. The Hall–Kier alpha value is -1.72. The maximum atomic E-state index is 11.9. The van der Waals surface area contributed by atoms with Crippen LogP contribution in [0.2, 0.25) is 0 Å². The van der Waals surface area contributed by atoms with Gasteiger partial charge < -0.3 is 9.84 Å². The zero-order valence-corrected chi connectivity index (χ0v) is 9.75. The summed E-state index contributed by atoms with van der Waals surface area (Å²) in [6.45, 7) is 0.374. The first-order valence-corrected chi connectivity index (χ1v) is 5.29. The molecular weight excluding hydrogens is 249 g/mol. The summed E-state index contributed by atoms with van der Waals surface area (Å²) in [4.78, 5) is 10.4. The molecule has 0 saturated heterocycles. The fourth-order valence-corrected chi connectivity index (χ4v) is 1.45. The third-order valence-electron chi connectivity index (χ3n) is 2.32. The number of aryl methyl sites for hydroxylation is 2. The van der Waals surface area contributed by atoms with Crippen molar-refractivity contribution in [2.24, 2.45) is 0 Å². The van der Waals surface area contributed by atoms with Crippen LogP contribution in [0.25, 0.3) is 0 Å². The van der Waals surface area contributed by atoms with E-state index in [4.69, 9.17) is 5.11 Å². The lowest BCUT2D eigenvalue weighted by molar-refractivity contribution is -0.153. The highest BCUT2D eigenvalue weighted by atomic mass is 19.4. The van der Waals surface area contributed by atoms with E-state index in [1.165, 1.54) is 12.1 Å². The largest absolute Gasteiger partial charge is 0.484 e. The molecular formula is C12H13F3O3. The first kappa shape index (κ1) is 14.3. The summed E-state index contributed by atoms with van der Waals surface area (Å²) in [5.74, 6) is -0.782. The number of hydrogen-bond acceptors (Lipinski definition) is 2. The molecule has 0 aromatic heterocycles. The molecule has 0 aliphatic rings. The van der Waals surface area contributed by atoms with Crippen molar-refractivity contribution < 1.29 is 27.8 Å². The number of halogens is 3. The number of ether oxygens (including phenoxy) is 1. The molecule has 3 nitrogen and oxygen atoms in total. The molecule has 0 radical (unpaired) electrons. The molecule has 1 aromatic rings. The number of aliphatic carboxylic acids is 1. The van der Waals surface area contributed by atoms with Gasteiger partial charge in [0.1, 0.15) is 5.75 Å². The van der Waals surface area contributed by atoms with Crippen molar-refractivity contribution in [2.75, 3.05) is 6.61 Å². The van der Waals surface area contributed by atoms with E-state index in [9.17, 15) is 18.0 Å². The number of carboxylic acid groups (broad SMARTS) is 1. The minimum absolute atomic E-state index is 0.0103. The van der Waals surface area contributed by atoms with Crippen LogP contribution >= 0.6 is 0 Å². The van der Waals surface area contributed by atoms with E-state index in [2.05, 4.69) is 4.74 Å². The van der Waals surface area contributed by atoms with E-state index in [1.54, 1.807) is 13.0 Å². The van der Waals surface area contributed by atoms with Crippen LogP contribution in [0.4, 0.5) is 13.2 Å². The Bertz CT molecular complexity index is 427. The Morgan fingerprint density at radius 1 is 1.39 bits per heavy atom. The molecule has 0 aliphatic carbocycles. The van der Waals surface area contributed by atoms with Crippen LogP contribution < -0.4 is 4.74 Å². The summed E-state index contributed by atoms with van der Waals surface area (Å²) >= 11 is 0. The van der Waals surface area contributed by atoms with E-state index in [0.717, 1.165) is 11.1 Å². The lowest BCUT2D eigenvalue weighted by Gasteiger charge is -2.11. The predicted molar refractivity (Wildman–Crippen MR) is 58.7 cm³/mol. The number of carbonyl (C=O) groups is 1. The maximum Gasteiger partial charge on any atom is 0.422 e. The van der Waals surface area contributed by atoms with Crippen molar-refractivity contribution in [1.29, 1.82) is 0 Å². The summed E-state index contributed by atoms with van der Waals surface area (Å²) in [5, 5.41) is 8.54. The van der Waals surface area contributed by atoms with Gasteiger partial charge in [-0.1, -0.05) is 6.07 Å². The van der Waals surface area contributed by atoms with Gasteiger partial charge in [-0.05, 0) is 36.6 Å². The summed E-state index contributed by atoms with van der Waals surface area (Å²) in [6.07, 6.45) is -4.03. The highest BCUT2D eigenvalue weighted by Gasteiger charge is 2.28. The monoisotopic (exact) mass is 262 g/mol. The third-order valence-corrected chi connectivity index (χ3v) is 2.32. The highest BCUT2D eigenvalue weighted by Crippen LogP contribution is 2.21. The Kier molecular flexibility index (Phi) is 4.58. The molecule has 0 aliphatic heterocycles. The number of rotatable bonds is 5. The normalized spacial score (nSPS) is 11.3. The van der Waals surface area contributed by atoms with E-state index < -0.39 is 18.8 Å². The van der Waals surface area contributed by atoms with Crippen molar-refractivity contribution in [1.82, 2.24) is 0 Å². The molecule has 0 spiro atoms. The standard InChI is InChI=1S/C12H13F3O3/c1-8-6-10(18-7-12(13,14)15)4-2-9(8)3-5-11(16)17/h2,4,6H,3,5,7H2,1H3,(H,16,17). The van der Waals surface area contributed by atoms with Crippen molar-refractivity contribution in [3.63, 3.8) is 0 Å². The molecule has 1 rings (SSSR count). The zero-order chi connectivity index (χ0) is 13.8. The quantitative estimate of drug-likeness (QED) is 0.887. The van der Waals surface area contributed by atoms with Crippen LogP contribution in [0, 0.1) is 6.92 Å². The Balaban J connectivity index is 2.64. The van der Waals surface area contributed by atoms with E-state index in [0.29, 0.717) is 6.42 Å². The average Bonchev–Trinajstić information content (AvgIpc) is 2.24. The van der Waals surface area contributed by atoms with Crippen LogP contribution in [0.5, 0.6) is 5.75 Å². The van der Waals surface area contributed by atoms with Gasteiger partial charge in [-0.2, -0.15) is 13.2 Å². The SMILES string of the molecule is Cc1cc(OCC(F)(F)F)ccc1CCC(=O)O. The van der Waals surface area contributed by atoms with Crippen LogP contribution in [-0.2, 0) is 11.2 Å². The van der Waals surface area contributed by atoms with Crippen LogP contribution in [-0.4, -0.2) is 23.9 Å². The van der Waals surface area contributed by atoms with Gasteiger partial charge in [0.2, 0.25) is 0 Å². The minimum atomic E-state index is -4.37. The number of benzene rings is 1. The first-order chi connectivity index (χ1) is 8.28. The lowest BCUT2D eigenvalue weighted by Crippen LogP contribution is -2.19. The summed E-state index contributed by atoms with van der Waals surface area (Å²) in [7, 11) is 0. The second kappa shape index (κ2) is 5.75. The Labute approximate surface area is 102 Å².